The zero-order valence-corrected chi connectivity index (χ0v) is 10.0. The van der Waals surface area contributed by atoms with E-state index in [0.29, 0.717) is 18.7 Å². The van der Waals surface area contributed by atoms with Gasteiger partial charge in [-0.2, -0.15) is 0 Å². The summed E-state index contributed by atoms with van der Waals surface area (Å²) in [6.07, 6.45) is 1.33. The van der Waals surface area contributed by atoms with Crippen LogP contribution in [-0.2, 0) is 9.53 Å². The summed E-state index contributed by atoms with van der Waals surface area (Å²) in [5.41, 5.74) is -0.709. The van der Waals surface area contributed by atoms with Crippen molar-refractivity contribution in [3.63, 3.8) is 0 Å². The molecular weight excluding hydrogens is 224 g/mol. The minimum atomic E-state index is -1.05. The van der Waals surface area contributed by atoms with Gasteiger partial charge < -0.3 is 20.3 Å². The van der Waals surface area contributed by atoms with Crippen molar-refractivity contribution in [2.24, 2.45) is 5.92 Å². The summed E-state index contributed by atoms with van der Waals surface area (Å²) in [4.78, 5) is 13.1. The first-order valence-corrected chi connectivity index (χ1v) is 5.70. The minimum Gasteiger partial charge on any atom is -0.475 e. The van der Waals surface area contributed by atoms with Gasteiger partial charge in [0.2, 0.25) is 5.91 Å². The summed E-state index contributed by atoms with van der Waals surface area (Å²) < 4.78 is 5.62. The number of nitrogens with one attached hydrogen (secondary N) is 1. The molecule has 6 nitrogen and oxygen atoms in total. The van der Waals surface area contributed by atoms with Gasteiger partial charge in [0, 0.05) is 18.9 Å². The minimum absolute atomic E-state index is 0.151. The van der Waals surface area contributed by atoms with Crippen LogP contribution in [0.2, 0.25) is 0 Å². The van der Waals surface area contributed by atoms with Gasteiger partial charge in [-0.05, 0) is 13.0 Å². The Kier molecular flexibility index (Phi) is 3.11. The summed E-state index contributed by atoms with van der Waals surface area (Å²) in [6.45, 7) is 3.91. The van der Waals surface area contributed by atoms with Gasteiger partial charge in [0.1, 0.15) is 12.4 Å². The van der Waals surface area contributed by atoms with E-state index in [1.807, 2.05) is 6.92 Å². The molecule has 1 fully saturated rings. The van der Waals surface area contributed by atoms with Crippen LogP contribution in [0, 0.1) is 5.92 Å². The Labute approximate surface area is 99.9 Å². The Balaban J connectivity index is 2.10. The van der Waals surface area contributed by atoms with Gasteiger partial charge in [-0.25, -0.2) is 4.90 Å². The van der Waals surface area contributed by atoms with Crippen LogP contribution in [0.15, 0.2) is 11.8 Å². The Morgan fingerprint density at radius 3 is 3.00 bits per heavy atom. The molecule has 1 amide bonds. The van der Waals surface area contributed by atoms with Crippen molar-refractivity contribution in [2.45, 2.75) is 32.3 Å². The van der Waals surface area contributed by atoms with E-state index in [4.69, 9.17) is 9.84 Å². The van der Waals surface area contributed by atoms with Gasteiger partial charge in [-0.1, -0.05) is 6.92 Å². The van der Waals surface area contributed by atoms with Crippen molar-refractivity contribution >= 4 is 5.91 Å². The lowest BCUT2D eigenvalue weighted by molar-refractivity contribution is -0.198. The zero-order chi connectivity index (χ0) is 12.6. The molecule has 6 heteroatoms. The first-order chi connectivity index (χ1) is 7.96. The number of hydrogen-bond acceptors (Lipinski definition) is 5. The average molecular weight is 242 g/mol. The smallest absolute Gasteiger partial charge is 0.227 e. The molecule has 0 saturated carbocycles. The lowest BCUT2D eigenvalue weighted by atomic mass is 10.0. The van der Waals surface area contributed by atoms with Crippen molar-refractivity contribution in [1.29, 1.82) is 0 Å². The molecule has 2 aliphatic rings. The molecule has 0 aliphatic carbocycles. The van der Waals surface area contributed by atoms with Gasteiger partial charge in [-0.15, -0.1) is 0 Å². The predicted octanol–water partition coefficient (Wildman–Crippen LogP) is -0.657. The summed E-state index contributed by atoms with van der Waals surface area (Å²) in [5, 5.41) is 21.4. The normalized spacial score (nSPS) is 38.6. The van der Waals surface area contributed by atoms with Crippen molar-refractivity contribution < 1.29 is 19.7 Å². The highest BCUT2D eigenvalue weighted by Gasteiger charge is 2.45. The number of amides is 1. The largest absolute Gasteiger partial charge is 0.475 e. The number of aliphatic hydroxyl groups is 2. The fourth-order valence-electron chi connectivity index (χ4n) is 2.22. The van der Waals surface area contributed by atoms with Crippen LogP contribution in [-0.4, -0.2) is 46.2 Å². The van der Waals surface area contributed by atoms with Crippen molar-refractivity contribution in [3.8, 4) is 0 Å². The number of carbonyl (C=O) groups excluding carboxylic acids is 1. The highest BCUT2D eigenvalue weighted by Crippen LogP contribution is 2.33. The maximum Gasteiger partial charge on any atom is 0.227 e. The number of nitrogens with zero attached hydrogens (tertiary/aromatic N) is 1. The van der Waals surface area contributed by atoms with Crippen LogP contribution < -0.4 is 5.32 Å². The van der Waals surface area contributed by atoms with Crippen LogP contribution in [0.4, 0.5) is 0 Å². The number of aliphatic hydroxyl groups excluding tert-OH is 2. The summed E-state index contributed by atoms with van der Waals surface area (Å²) in [5.74, 6) is 0.145. The number of carbonyl (C=O) groups is 1. The fraction of sp³-hybridized carbons (Fsp3) is 0.727. The van der Waals surface area contributed by atoms with E-state index in [-0.39, 0.29) is 18.4 Å². The van der Waals surface area contributed by atoms with Crippen LogP contribution in [0.5, 0.6) is 0 Å². The first-order valence-electron chi connectivity index (χ1n) is 5.70. The molecule has 1 saturated heterocycles. The quantitative estimate of drug-likeness (QED) is 0.599. The van der Waals surface area contributed by atoms with Crippen LogP contribution in [0.1, 0.15) is 20.3 Å². The molecule has 0 aromatic carbocycles. The lowest BCUT2D eigenvalue weighted by Crippen LogP contribution is -2.64. The maximum atomic E-state index is 11.4. The van der Waals surface area contributed by atoms with Crippen molar-refractivity contribution in [3.05, 3.63) is 11.8 Å². The third kappa shape index (κ3) is 2.15. The molecule has 0 spiro atoms. The third-order valence-electron chi connectivity index (χ3n) is 3.31. The van der Waals surface area contributed by atoms with Gasteiger partial charge in [0.25, 0.3) is 0 Å². The van der Waals surface area contributed by atoms with Gasteiger partial charge in [0.05, 0.1) is 0 Å². The Morgan fingerprint density at radius 2 is 2.41 bits per heavy atom. The monoisotopic (exact) mass is 242 g/mol. The topological polar surface area (TPSA) is 82.0 Å². The summed E-state index contributed by atoms with van der Waals surface area (Å²) in [7, 11) is 0. The molecule has 3 unspecified atom stereocenters. The van der Waals surface area contributed by atoms with E-state index in [0.717, 1.165) is 0 Å². The number of ether oxygens (including phenoxy) is 1. The predicted molar refractivity (Wildman–Crippen MR) is 59.3 cm³/mol. The van der Waals surface area contributed by atoms with E-state index in [1.54, 1.807) is 17.9 Å². The van der Waals surface area contributed by atoms with Gasteiger partial charge >= 0.3 is 0 Å². The highest BCUT2D eigenvalue weighted by molar-refractivity contribution is 5.79. The Bertz CT molecular complexity index is 357. The zero-order valence-electron chi connectivity index (χ0n) is 10.0. The van der Waals surface area contributed by atoms with Crippen molar-refractivity contribution in [1.82, 2.24) is 10.2 Å². The molecule has 17 heavy (non-hydrogen) atoms. The van der Waals surface area contributed by atoms with E-state index in [9.17, 15) is 9.90 Å². The molecule has 3 atom stereocenters. The van der Waals surface area contributed by atoms with E-state index in [2.05, 4.69) is 5.32 Å². The second-order valence-electron chi connectivity index (χ2n) is 4.75. The standard InChI is InChI=1S/C11H18N2O4/c1-7-5-13(10(16)12-9(7)15)11(2)4-3-8(6-14)17-11/h3,7,10,14,16H,4-6H2,1-2H3,(H,12,15). The summed E-state index contributed by atoms with van der Waals surface area (Å²) in [6, 6.07) is 0. The van der Waals surface area contributed by atoms with E-state index in [1.165, 1.54) is 0 Å². The SMILES string of the molecule is CC1CN(C2(C)CC=C(CO)O2)C(O)NC1=O. The Morgan fingerprint density at radius 1 is 1.71 bits per heavy atom. The van der Waals surface area contributed by atoms with Crippen LogP contribution in [0.25, 0.3) is 0 Å². The molecule has 0 aromatic heterocycles. The van der Waals surface area contributed by atoms with E-state index >= 15 is 0 Å². The maximum absolute atomic E-state index is 11.4. The molecule has 2 aliphatic heterocycles. The second-order valence-corrected chi connectivity index (χ2v) is 4.75. The molecule has 2 rings (SSSR count). The molecule has 0 bridgehead atoms. The van der Waals surface area contributed by atoms with Crippen LogP contribution >= 0.6 is 0 Å². The molecule has 0 radical (unpaired) electrons. The van der Waals surface area contributed by atoms with Gasteiger partial charge in [0.15, 0.2) is 12.1 Å². The van der Waals surface area contributed by atoms with Gasteiger partial charge in [-0.3, -0.25) is 4.79 Å². The number of rotatable bonds is 2. The fourth-order valence-corrected chi connectivity index (χ4v) is 2.22. The van der Waals surface area contributed by atoms with E-state index < -0.39 is 12.1 Å². The molecule has 0 aromatic rings. The molecule has 96 valence electrons. The average Bonchev–Trinajstić information content (AvgIpc) is 2.66. The third-order valence-corrected chi connectivity index (χ3v) is 3.31. The van der Waals surface area contributed by atoms with Crippen LogP contribution in [0.3, 0.4) is 0 Å². The molecular formula is C11H18N2O4. The second kappa shape index (κ2) is 4.29. The first kappa shape index (κ1) is 12.3. The number of hydrogen-bond donors (Lipinski definition) is 3. The highest BCUT2D eigenvalue weighted by atomic mass is 16.5. The Hall–Kier alpha value is -1.11. The molecule has 3 N–H and O–H groups in total. The molecule has 2 heterocycles. The summed E-state index contributed by atoms with van der Waals surface area (Å²) >= 11 is 0. The lowest BCUT2D eigenvalue weighted by Gasteiger charge is -2.44. The van der Waals surface area contributed by atoms with Crippen molar-refractivity contribution in [2.75, 3.05) is 13.2 Å².